The second kappa shape index (κ2) is 2.42. The Balaban J connectivity index is 2.53. The van der Waals surface area contributed by atoms with Crippen LogP contribution in [0.3, 0.4) is 0 Å². The van der Waals surface area contributed by atoms with Gasteiger partial charge in [0, 0.05) is 6.54 Å². The molecule has 1 aromatic heterocycles. The van der Waals surface area contributed by atoms with Crippen LogP contribution in [0.25, 0.3) is 0 Å². The van der Waals surface area contributed by atoms with E-state index in [2.05, 4.69) is 5.10 Å². The zero-order chi connectivity index (χ0) is 8.72. The van der Waals surface area contributed by atoms with Crippen LogP contribution in [0.1, 0.15) is 22.5 Å². The van der Waals surface area contributed by atoms with Gasteiger partial charge < -0.3 is 5.73 Å². The Hall–Kier alpha value is -1.16. The van der Waals surface area contributed by atoms with Gasteiger partial charge in [-0.1, -0.05) is 0 Å². The number of aromatic nitrogens is 2. The van der Waals surface area contributed by atoms with Crippen molar-refractivity contribution in [3.63, 3.8) is 0 Å². The monoisotopic (exact) mass is 165 g/mol. The standard InChI is InChI=1S/C8H11N3O/c1-5-4-10-11-3-2-6(9)8(12)7(5)11/h4,6H,2-3,9H2,1H3. The molecule has 2 N–H and O–H groups in total. The molecule has 2 heterocycles. The smallest absolute Gasteiger partial charge is 0.197 e. The van der Waals surface area contributed by atoms with Crippen LogP contribution < -0.4 is 5.73 Å². The molecule has 1 aliphatic heterocycles. The van der Waals surface area contributed by atoms with Gasteiger partial charge in [-0.2, -0.15) is 5.10 Å². The molecule has 0 bridgehead atoms. The van der Waals surface area contributed by atoms with Gasteiger partial charge in [-0.3, -0.25) is 9.48 Å². The number of rotatable bonds is 0. The lowest BCUT2D eigenvalue weighted by molar-refractivity contribution is 0.0924. The van der Waals surface area contributed by atoms with E-state index >= 15 is 0 Å². The number of nitrogens with two attached hydrogens (primary N) is 1. The Kier molecular flexibility index (Phi) is 1.51. The quantitative estimate of drug-likeness (QED) is 0.593. The molecule has 1 aromatic rings. The molecular weight excluding hydrogens is 154 g/mol. The third-order valence-electron chi connectivity index (χ3n) is 2.24. The fourth-order valence-corrected chi connectivity index (χ4v) is 1.54. The molecule has 1 aliphatic rings. The van der Waals surface area contributed by atoms with Gasteiger partial charge in [0.2, 0.25) is 0 Å². The van der Waals surface area contributed by atoms with Crippen LogP contribution in [0, 0.1) is 6.92 Å². The minimum absolute atomic E-state index is 0.0243. The Labute approximate surface area is 70.4 Å². The maximum Gasteiger partial charge on any atom is 0.197 e. The Morgan fingerprint density at radius 2 is 2.50 bits per heavy atom. The van der Waals surface area contributed by atoms with Crippen molar-refractivity contribution < 1.29 is 4.79 Å². The normalized spacial score (nSPS) is 22.5. The minimum Gasteiger partial charge on any atom is -0.321 e. The number of nitrogens with zero attached hydrogens (tertiary/aromatic N) is 2. The Morgan fingerprint density at radius 3 is 3.25 bits per heavy atom. The van der Waals surface area contributed by atoms with Crippen LogP contribution in [-0.4, -0.2) is 21.6 Å². The van der Waals surface area contributed by atoms with Gasteiger partial charge >= 0.3 is 0 Å². The van der Waals surface area contributed by atoms with Crippen molar-refractivity contribution in [2.75, 3.05) is 0 Å². The molecule has 4 heteroatoms. The molecule has 12 heavy (non-hydrogen) atoms. The molecule has 2 rings (SSSR count). The van der Waals surface area contributed by atoms with Gasteiger partial charge in [-0.05, 0) is 18.9 Å². The van der Waals surface area contributed by atoms with Gasteiger partial charge in [-0.25, -0.2) is 0 Å². The van der Waals surface area contributed by atoms with Crippen LogP contribution in [0.2, 0.25) is 0 Å². The molecule has 4 nitrogen and oxygen atoms in total. The lowest BCUT2D eigenvalue weighted by Crippen LogP contribution is -2.38. The molecule has 1 atom stereocenters. The number of fused-ring (bicyclic) bond motifs is 1. The van der Waals surface area contributed by atoms with Crippen molar-refractivity contribution in [3.05, 3.63) is 17.5 Å². The molecule has 64 valence electrons. The molecule has 0 aromatic carbocycles. The summed E-state index contributed by atoms with van der Waals surface area (Å²) in [5.41, 5.74) is 7.25. The van der Waals surface area contributed by atoms with E-state index in [1.54, 1.807) is 10.9 Å². The average molecular weight is 165 g/mol. The second-order valence-corrected chi connectivity index (χ2v) is 3.16. The van der Waals surface area contributed by atoms with E-state index in [9.17, 15) is 4.79 Å². The maximum atomic E-state index is 11.5. The largest absolute Gasteiger partial charge is 0.321 e. The summed E-state index contributed by atoms with van der Waals surface area (Å²) in [7, 11) is 0. The summed E-state index contributed by atoms with van der Waals surface area (Å²) in [4.78, 5) is 11.5. The summed E-state index contributed by atoms with van der Waals surface area (Å²) in [6.07, 6.45) is 2.41. The van der Waals surface area contributed by atoms with Crippen LogP contribution in [-0.2, 0) is 6.54 Å². The highest BCUT2D eigenvalue weighted by Gasteiger charge is 2.26. The molecule has 0 radical (unpaired) electrons. The molecule has 1 unspecified atom stereocenters. The first-order valence-electron chi connectivity index (χ1n) is 4.02. The van der Waals surface area contributed by atoms with E-state index in [4.69, 9.17) is 5.73 Å². The van der Waals surface area contributed by atoms with Crippen LogP contribution in [0.5, 0.6) is 0 Å². The predicted octanol–water partition coefficient (Wildman–Crippen LogP) is 0.105. The van der Waals surface area contributed by atoms with Crippen molar-refractivity contribution in [1.29, 1.82) is 0 Å². The fourth-order valence-electron chi connectivity index (χ4n) is 1.54. The Bertz CT molecular complexity index is 329. The highest BCUT2D eigenvalue weighted by Crippen LogP contribution is 2.16. The van der Waals surface area contributed by atoms with Crippen molar-refractivity contribution >= 4 is 5.78 Å². The summed E-state index contributed by atoms with van der Waals surface area (Å²) in [6.45, 7) is 2.64. The van der Waals surface area contributed by atoms with Crippen molar-refractivity contribution in [3.8, 4) is 0 Å². The van der Waals surface area contributed by atoms with E-state index in [0.717, 1.165) is 12.1 Å². The first-order valence-corrected chi connectivity index (χ1v) is 4.02. The van der Waals surface area contributed by atoms with Gasteiger partial charge in [0.25, 0.3) is 0 Å². The lowest BCUT2D eigenvalue weighted by atomic mass is 10.0. The first-order chi connectivity index (χ1) is 5.70. The molecular formula is C8H11N3O. The lowest BCUT2D eigenvalue weighted by Gasteiger charge is -2.18. The molecule has 0 saturated heterocycles. The number of Topliss-reactive ketones (excluding diaryl/α,β-unsaturated/α-hetero) is 1. The van der Waals surface area contributed by atoms with E-state index in [1.165, 1.54) is 0 Å². The van der Waals surface area contributed by atoms with E-state index in [1.807, 2.05) is 6.92 Å². The number of ketones is 1. The van der Waals surface area contributed by atoms with Gasteiger partial charge in [0.15, 0.2) is 5.78 Å². The molecule has 0 amide bonds. The summed E-state index contributed by atoms with van der Waals surface area (Å²) >= 11 is 0. The number of hydrogen-bond donors (Lipinski definition) is 1. The number of hydrogen-bond acceptors (Lipinski definition) is 3. The number of aryl methyl sites for hydroxylation is 2. The van der Waals surface area contributed by atoms with Gasteiger partial charge in [-0.15, -0.1) is 0 Å². The summed E-state index contributed by atoms with van der Waals surface area (Å²) in [5, 5.41) is 4.08. The third-order valence-corrected chi connectivity index (χ3v) is 2.24. The third kappa shape index (κ3) is 0.881. The van der Waals surface area contributed by atoms with Crippen LogP contribution in [0.4, 0.5) is 0 Å². The zero-order valence-corrected chi connectivity index (χ0v) is 6.95. The van der Waals surface area contributed by atoms with Crippen molar-refractivity contribution in [2.24, 2.45) is 5.73 Å². The topological polar surface area (TPSA) is 60.9 Å². The maximum absolute atomic E-state index is 11.5. The summed E-state index contributed by atoms with van der Waals surface area (Å²) in [6, 6.07) is -0.326. The number of carbonyl (C=O) groups is 1. The Morgan fingerprint density at radius 1 is 1.75 bits per heavy atom. The molecule has 0 spiro atoms. The predicted molar refractivity (Wildman–Crippen MR) is 43.9 cm³/mol. The van der Waals surface area contributed by atoms with Crippen LogP contribution >= 0.6 is 0 Å². The average Bonchev–Trinajstić information content (AvgIpc) is 2.41. The number of carbonyl (C=O) groups excluding carboxylic acids is 1. The van der Waals surface area contributed by atoms with E-state index in [-0.39, 0.29) is 11.8 Å². The molecule has 0 aliphatic carbocycles. The molecule has 0 saturated carbocycles. The van der Waals surface area contributed by atoms with E-state index < -0.39 is 0 Å². The summed E-state index contributed by atoms with van der Waals surface area (Å²) in [5.74, 6) is 0.0243. The highest BCUT2D eigenvalue weighted by molar-refractivity contribution is 6.00. The highest BCUT2D eigenvalue weighted by atomic mass is 16.1. The van der Waals surface area contributed by atoms with Crippen LogP contribution in [0.15, 0.2) is 6.20 Å². The first kappa shape index (κ1) is 7.49. The summed E-state index contributed by atoms with van der Waals surface area (Å²) < 4.78 is 1.74. The van der Waals surface area contributed by atoms with Crippen molar-refractivity contribution in [2.45, 2.75) is 25.9 Å². The van der Waals surface area contributed by atoms with Gasteiger partial charge in [0.1, 0.15) is 5.69 Å². The zero-order valence-electron chi connectivity index (χ0n) is 6.95. The minimum atomic E-state index is -0.326. The van der Waals surface area contributed by atoms with Gasteiger partial charge in [0.05, 0.1) is 12.2 Å². The van der Waals surface area contributed by atoms with E-state index in [0.29, 0.717) is 12.1 Å². The SMILES string of the molecule is Cc1cnn2c1C(=O)C(N)CC2. The van der Waals surface area contributed by atoms with Crippen molar-refractivity contribution in [1.82, 2.24) is 9.78 Å². The molecule has 0 fully saturated rings. The fraction of sp³-hybridized carbons (Fsp3) is 0.500. The second-order valence-electron chi connectivity index (χ2n) is 3.16.